The number of allylic oxidation sites excluding steroid dienone is 2. The number of hydrogen-bond donors (Lipinski definition) is 2. The molecule has 1 aliphatic carbocycles. The lowest BCUT2D eigenvalue weighted by Gasteiger charge is -2.27. The van der Waals surface area contributed by atoms with E-state index in [0.29, 0.717) is 67.4 Å². The van der Waals surface area contributed by atoms with Crippen molar-refractivity contribution >= 4 is 56.2 Å². The number of Topliss-reactive ketones (excluding diaryl/α,β-unsaturated/α-hetero) is 1. The van der Waals surface area contributed by atoms with Gasteiger partial charge >= 0.3 is 0 Å². The summed E-state index contributed by atoms with van der Waals surface area (Å²) in [6.07, 6.45) is 10.7. The van der Waals surface area contributed by atoms with Crippen molar-refractivity contribution in [1.82, 2.24) is 34.9 Å². The standard InChI is InChI=1S/C36H36BrFN8O4/c1-19-10-28(42-34(37)31(19)38)43-35(50)26-13-36-14-27(36)46(26)30(49)17-45-33-22(8-6-4-5-7-9-29(48)41-18-36)11-23(24-15-39-21(3)40-16-24)12-25(33)32(44-45)20(2)47/h4,6,10-12,15-16,26-27H,5,7-9,13-14,17-18H2,1-3H3,(H,41,48)(H,42,43,50)/t26-,27+,36-/m0/s1. The van der Waals surface area contributed by atoms with Crippen molar-refractivity contribution in [1.29, 1.82) is 0 Å². The quantitative estimate of drug-likeness (QED) is 0.168. The minimum Gasteiger partial charge on any atom is -0.355 e. The summed E-state index contributed by atoms with van der Waals surface area (Å²) in [5, 5.41) is 11.1. The third-order valence-electron chi connectivity index (χ3n) is 9.93. The van der Waals surface area contributed by atoms with Gasteiger partial charge in [-0.3, -0.25) is 23.9 Å². The molecule has 2 N–H and O–H groups in total. The molecule has 3 aliphatic rings. The van der Waals surface area contributed by atoms with Gasteiger partial charge in [-0.15, -0.1) is 0 Å². The van der Waals surface area contributed by atoms with Gasteiger partial charge in [0.1, 0.15) is 34.5 Å². The Bertz CT molecular complexity index is 2070. The molecule has 0 unspecified atom stereocenters. The highest BCUT2D eigenvalue weighted by Gasteiger charge is 2.67. The number of aryl methyl sites for hydroxylation is 2. The molecule has 1 saturated heterocycles. The third-order valence-corrected chi connectivity index (χ3v) is 10.5. The third kappa shape index (κ3) is 6.32. The van der Waals surface area contributed by atoms with Crippen molar-refractivity contribution in [2.75, 3.05) is 11.9 Å². The zero-order valence-corrected chi connectivity index (χ0v) is 29.5. The number of hydrogen-bond acceptors (Lipinski definition) is 8. The van der Waals surface area contributed by atoms with Gasteiger partial charge in [0, 0.05) is 54.7 Å². The Morgan fingerprint density at radius 2 is 1.86 bits per heavy atom. The highest BCUT2D eigenvalue weighted by atomic mass is 79.9. The number of carbonyl (C=O) groups excluding carboxylic acids is 4. The second-order valence-corrected chi connectivity index (χ2v) is 14.2. The van der Waals surface area contributed by atoms with Crippen LogP contribution in [0.4, 0.5) is 10.2 Å². The Balaban J connectivity index is 1.29. The topological polar surface area (TPSA) is 152 Å². The number of anilines is 1. The minimum absolute atomic E-state index is 0.0297. The first-order valence-corrected chi connectivity index (χ1v) is 17.4. The van der Waals surface area contributed by atoms with E-state index in [2.05, 4.69) is 46.6 Å². The van der Waals surface area contributed by atoms with E-state index in [1.165, 1.54) is 13.0 Å². The smallest absolute Gasteiger partial charge is 0.248 e. The van der Waals surface area contributed by atoms with Gasteiger partial charge in [0.2, 0.25) is 17.7 Å². The van der Waals surface area contributed by atoms with Crippen LogP contribution < -0.4 is 10.6 Å². The van der Waals surface area contributed by atoms with Gasteiger partial charge < -0.3 is 15.5 Å². The minimum atomic E-state index is -0.868. The lowest BCUT2D eigenvalue weighted by Crippen LogP contribution is -2.46. The molecule has 0 radical (unpaired) electrons. The van der Waals surface area contributed by atoms with Crippen molar-refractivity contribution in [3.63, 3.8) is 0 Å². The summed E-state index contributed by atoms with van der Waals surface area (Å²) in [4.78, 5) is 68.5. The van der Waals surface area contributed by atoms with E-state index in [1.807, 2.05) is 31.2 Å². The van der Waals surface area contributed by atoms with Gasteiger partial charge in [0.15, 0.2) is 11.6 Å². The summed E-state index contributed by atoms with van der Waals surface area (Å²) in [7, 11) is 0. The van der Waals surface area contributed by atoms with Crippen LogP contribution in [-0.4, -0.2) is 71.8 Å². The van der Waals surface area contributed by atoms with Gasteiger partial charge in [-0.1, -0.05) is 12.2 Å². The first kappa shape index (κ1) is 33.6. The Hall–Kier alpha value is -4.85. The predicted molar refractivity (Wildman–Crippen MR) is 187 cm³/mol. The maximum Gasteiger partial charge on any atom is 0.248 e. The number of aromatic nitrogens is 5. The lowest BCUT2D eigenvalue weighted by atomic mass is 9.98. The maximum absolute atomic E-state index is 14.4. The van der Waals surface area contributed by atoms with E-state index in [1.54, 1.807) is 28.9 Å². The summed E-state index contributed by atoms with van der Waals surface area (Å²) in [5.74, 6) is -0.851. The Morgan fingerprint density at radius 1 is 1.08 bits per heavy atom. The van der Waals surface area contributed by atoms with Crippen LogP contribution in [0.5, 0.6) is 0 Å². The molecule has 2 bridgehead atoms. The van der Waals surface area contributed by atoms with Gasteiger partial charge in [-0.05, 0) is 96.8 Å². The number of nitrogens with one attached hydrogen (secondary N) is 2. The average molecular weight is 744 g/mol. The van der Waals surface area contributed by atoms with Crippen molar-refractivity contribution in [2.45, 2.75) is 77.9 Å². The van der Waals surface area contributed by atoms with Crippen molar-refractivity contribution < 1.29 is 23.6 Å². The van der Waals surface area contributed by atoms with Crippen LogP contribution in [0.25, 0.3) is 22.0 Å². The zero-order chi connectivity index (χ0) is 35.3. The fourth-order valence-electron chi connectivity index (χ4n) is 7.28. The average Bonchev–Trinajstić information content (AvgIpc) is 3.49. The fraction of sp³-hybridized carbons (Fsp3) is 0.389. The van der Waals surface area contributed by atoms with Crippen molar-refractivity contribution in [2.24, 2.45) is 5.41 Å². The van der Waals surface area contributed by atoms with Crippen molar-refractivity contribution in [3.05, 3.63) is 75.8 Å². The van der Waals surface area contributed by atoms with Crippen LogP contribution >= 0.6 is 15.9 Å². The molecule has 7 rings (SSSR count). The summed E-state index contributed by atoms with van der Waals surface area (Å²) in [6, 6.07) is 4.18. The number of pyridine rings is 1. The molecular formula is C36H36BrFN8O4. The van der Waals surface area contributed by atoms with Gasteiger partial charge in [-0.2, -0.15) is 5.10 Å². The van der Waals surface area contributed by atoms with E-state index in [-0.39, 0.29) is 46.3 Å². The Morgan fingerprint density at radius 3 is 2.60 bits per heavy atom. The van der Waals surface area contributed by atoms with E-state index in [9.17, 15) is 23.6 Å². The van der Waals surface area contributed by atoms with E-state index in [4.69, 9.17) is 0 Å². The van der Waals surface area contributed by atoms with Gasteiger partial charge in [0.05, 0.1) is 5.52 Å². The number of nitrogens with zero attached hydrogens (tertiary/aromatic N) is 6. The number of rotatable bonds is 4. The SMILES string of the molecule is CC(=O)c1nn2c3c(cc(-c4cnc(C)nc4)cc13)CC=CCCCC(=O)NC[C@@]13C[C@@H](C(=O)Nc4cc(C)c(F)c(Br)n4)N(C(=O)C2)[C@@H]1C3. The zero-order valence-electron chi connectivity index (χ0n) is 27.9. The molecule has 2 aliphatic heterocycles. The van der Waals surface area contributed by atoms with Crippen LogP contribution in [0.15, 0.2) is 47.3 Å². The van der Waals surface area contributed by atoms with E-state index < -0.39 is 23.2 Å². The molecule has 14 heteroatoms. The highest BCUT2D eigenvalue weighted by Crippen LogP contribution is 2.59. The molecule has 5 heterocycles. The number of ketones is 1. The predicted octanol–water partition coefficient (Wildman–Crippen LogP) is 5.01. The normalized spacial score (nSPS) is 22.2. The molecule has 0 spiro atoms. The summed E-state index contributed by atoms with van der Waals surface area (Å²) >= 11 is 3.10. The highest BCUT2D eigenvalue weighted by molar-refractivity contribution is 9.10. The Labute approximate surface area is 296 Å². The van der Waals surface area contributed by atoms with Gasteiger partial charge in [-0.25, -0.2) is 19.3 Å². The van der Waals surface area contributed by atoms with E-state index in [0.717, 1.165) is 16.7 Å². The monoisotopic (exact) mass is 742 g/mol. The first-order chi connectivity index (χ1) is 23.9. The maximum atomic E-state index is 14.4. The molecule has 1 saturated carbocycles. The molecule has 3 amide bonds. The number of piperidine rings is 1. The fourth-order valence-corrected chi connectivity index (χ4v) is 7.79. The number of halogens is 2. The first-order valence-electron chi connectivity index (χ1n) is 16.6. The molecule has 2 fully saturated rings. The molecular weight excluding hydrogens is 707 g/mol. The van der Waals surface area contributed by atoms with Crippen LogP contribution in [0.1, 0.15) is 66.5 Å². The second-order valence-electron chi connectivity index (χ2n) is 13.5. The van der Waals surface area contributed by atoms with Crippen LogP contribution in [0.2, 0.25) is 0 Å². The summed E-state index contributed by atoms with van der Waals surface area (Å²) in [5.41, 5.74) is 3.18. The molecule has 258 valence electrons. The van der Waals surface area contributed by atoms with Crippen molar-refractivity contribution in [3.8, 4) is 11.1 Å². The summed E-state index contributed by atoms with van der Waals surface area (Å²) < 4.78 is 15.8. The number of benzene rings is 1. The molecule has 3 atom stereocenters. The van der Waals surface area contributed by atoms with Crippen LogP contribution in [0, 0.1) is 25.1 Å². The van der Waals surface area contributed by atoms with Crippen LogP contribution in [0.3, 0.4) is 0 Å². The number of carbonyl (C=O) groups is 4. The second kappa shape index (κ2) is 13.1. The molecule has 12 nitrogen and oxygen atoms in total. The number of amides is 3. The van der Waals surface area contributed by atoms with E-state index >= 15 is 0 Å². The van der Waals surface area contributed by atoms with Gasteiger partial charge in [0.25, 0.3) is 0 Å². The largest absolute Gasteiger partial charge is 0.355 e. The lowest BCUT2D eigenvalue weighted by molar-refractivity contribution is -0.138. The molecule has 1 aromatic carbocycles. The molecule has 4 aromatic rings. The Kier molecular flexibility index (Phi) is 8.83. The summed E-state index contributed by atoms with van der Waals surface area (Å²) in [6.45, 7) is 4.96. The molecule has 50 heavy (non-hydrogen) atoms. The van der Waals surface area contributed by atoms with Crippen LogP contribution in [-0.2, 0) is 27.3 Å². The molecule has 3 aromatic heterocycles.